The number of thiophene rings is 1. The summed E-state index contributed by atoms with van der Waals surface area (Å²) in [5, 5.41) is 16.6. The number of carbonyl (C=O) groups excluding carboxylic acids is 1. The zero-order valence-corrected chi connectivity index (χ0v) is 13.8. The zero-order chi connectivity index (χ0) is 15.1. The van der Waals surface area contributed by atoms with E-state index in [1.165, 1.54) is 16.6 Å². The molecule has 2 rings (SSSR count). The Kier molecular flexibility index (Phi) is 6.19. The molecule has 1 N–H and O–H groups in total. The van der Waals surface area contributed by atoms with Crippen LogP contribution >= 0.6 is 23.1 Å². The van der Waals surface area contributed by atoms with Crippen LogP contribution in [0.1, 0.15) is 30.6 Å². The molecule has 0 bridgehead atoms. The van der Waals surface area contributed by atoms with E-state index in [1.54, 1.807) is 16.0 Å². The highest BCUT2D eigenvalue weighted by atomic mass is 32.2. The Morgan fingerprint density at radius 3 is 3.10 bits per heavy atom. The van der Waals surface area contributed by atoms with Gasteiger partial charge in [-0.1, -0.05) is 6.07 Å². The van der Waals surface area contributed by atoms with Crippen molar-refractivity contribution in [3.63, 3.8) is 0 Å². The summed E-state index contributed by atoms with van der Waals surface area (Å²) in [6, 6.07) is 4.34. The summed E-state index contributed by atoms with van der Waals surface area (Å²) in [7, 11) is 0. The molecule has 2 aromatic heterocycles. The molecule has 1 amide bonds. The number of hydrogen-bond acceptors (Lipinski definition) is 6. The molecule has 0 atom stereocenters. The van der Waals surface area contributed by atoms with E-state index in [0.717, 1.165) is 12.2 Å². The summed E-state index contributed by atoms with van der Waals surface area (Å²) in [6.45, 7) is 4.74. The third kappa shape index (κ3) is 5.13. The molecule has 0 aliphatic heterocycles. The van der Waals surface area contributed by atoms with Crippen LogP contribution in [0.3, 0.4) is 0 Å². The Morgan fingerprint density at radius 2 is 2.38 bits per heavy atom. The van der Waals surface area contributed by atoms with Gasteiger partial charge in [0.1, 0.15) is 0 Å². The van der Waals surface area contributed by atoms with Gasteiger partial charge in [0.2, 0.25) is 5.91 Å². The predicted molar refractivity (Wildman–Crippen MR) is 85.4 cm³/mol. The number of tetrazole rings is 1. The van der Waals surface area contributed by atoms with Gasteiger partial charge < -0.3 is 5.32 Å². The van der Waals surface area contributed by atoms with Crippen LogP contribution in [0.2, 0.25) is 0 Å². The molecule has 0 spiro atoms. The SMILES string of the molecule is CC(C)n1nnnc1CSCC(=O)NCCc1cccs1. The second kappa shape index (κ2) is 8.14. The van der Waals surface area contributed by atoms with Gasteiger partial charge in [-0.25, -0.2) is 4.68 Å². The van der Waals surface area contributed by atoms with Gasteiger partial charge >= 0.3 is 0 Å². The van der Waals surface area contributed by atoms with Crippen molar-refractivity contribution in [2.45, 2.75) is 32.1 Å². The van der Waals surface area contributed by atoms with Crippen molar-refractivity contribution >= 4 is 29.0 Å². The maximum absolute atomic E-state index is 11.7. The van der Waals surface area contributed by atoms with E-state index < -0.39 is 0 Å². The fraction of sp³-hybridized carbons (Fsp3) is 0.538. The van der Waals surface area contributed by atoms with Crippen LogP contribution in [0.15, 0.2) is 17.5 Å². The minimum Gasteiger partial charge on any atom is -0.355 e. The van der Waals surface area contributed by atoms with Crippen LogP contribution in [-0.4, -0.2) is 38.4 Å². The molecular formula is C13H19N5OS2. The third-order valence-corrected chi connectivity index (χ3v) is 4.65. The van der Waals surface area contributed by atoms with Gasteiger partial charge in [0.05, 0.1) is 17.5 Å². The van der Waals surface area contributed by atoms with Crippen LogP contribution in [0, 0.1) is 0 Å². The summed E-state index contributed by atoms with van der Waals surface area (Å²) < 4.78 is 1.78. The Morgan fingerprint density at radius 1 is 1.52 bits per heavy atom. The number of amides is 1. The van der Waals surface area contributed by atoms with Crippen LogP contribution in [0.5, 0.6) is 0 Å². The van der Waals surface area contributed by atoms with E-state index in [1.807, 2.05) is 25.3 Å². The highest BCUT2D eigenvalue weighted by Gasteiger charge is 2.10. The zero-order valence-electron chi connectivity index (χ0n) is 12.2. The highest BCUT2D eigenvalue weighted by molar-refractivity contribution is 7.99. The second-order valence-corrected chi connectivity index (χ2v) is 6.82. The van der Waals surface area contributed by atoms with Crippen molar-refractivity contribution in [2.24, 2.45) is 0 Å². The number of thioether (sulfide) groups is 1. The van der Waals surface area contributed by atoms with E-state index in [-0.39, 0.29) is 11.9 Å². The van der Waals surface area contributed by atoms with Gasteiger partial charge in [-0.15, -0.1) is 28.2 Å². The number of hydrogen-bond donors (Lipinski definition) is 1. The molecule has 114 valence electrons. The van der Waals surface area contributed by atoms with Gasteiger partial charge in [-0.05, 0) is 42.1 Å². The number of aromatic nitrogens is 4. The average Bonchev–Trinajstić information content (AvgIpc) is 3.09. The summed E-state index contributed by atoms with van der Waals surface area (Å²) in [5.74, 6) is 1.93. The smallest absolute Gasteiger partial charge is 0.230 e. The number of carbonyl (C=O) groups is 1. The van der Waals surface area contributed by atoms with Gasteiger partial charge in [-0.3, -0.25) is 4.79 Å². The maximum Gasteiger partial charge on any atom is 0.230 e. The van der Waals surface area contributed by atoms with Gasteiger partial charge in [0.15, 0.2) is 5.82 Å². The summed E-state index contributed by atoms with van der Waals surface area (Å²) in [5.41, 5.74) is 0. The van der Waals surface area contributed by atoms with Gasteiger partial charge in [0.25, 0.3) is 0 Å². The number of nitrogens with zero attached hydrogens (tertiary/aromatic N) is 4. The molecule has 21 heavy (non-hydrogen) atoms. The predicted octanol–water partition coefficient (Wildman–Crippen LogP) is 1.91. The number of nitrogens with one attached hydrogen (secondary N) is 1. The van der Waals surface area contributed by atoms with Crippen molar-refractivity contribution in [2.75, 3.05) is 12.3 Å². The van der Waals surface area contributed by atoms with E-state index in [0.29, 0.717) is 18.1 Å². The van der Waals surface area contributed by atoms with E-state index in [9.17, 15) is 4.79 Å². The Hall–Kier alpha value is -1.41. The molecule has 6 nitrogen and oxygen atoms in total. The third-order valence-electron chi connectivity index (χ3n) is 2.79. The first-order valence-electron chi connectivity index (χ1n) is 6.80. The van der Waals surface area contributed by atoms with Crippen molar-refractivity contribution < 1.29 is 4.79 Å². The molecule has 0 radical (unpaired) electrons. The average molecular weight is 325 g/mol. The van der Waals surface area contributed by atoms with E-state index in [2.05, 4.69) is 26.9 Å². The van der Waals surface area contributed by atoms with Gasteiger partial charge in [-0.2, -0.15) is 0 Å². The van der Waals surface area contributed by atoms with Crippen LogP contribution < -0.4 is 5.32 Å². The summed E-state index contributed by atoms with van der Waals surface area (Å²) in [6.07, 6.45) is 0.889. The lowest BCUT2D eigenvalue weighted by atomic mass is 10.3. The van der Waals surface area contributed by atoms with Crippen LogP contribution in [0.4, 0.5) is 0 Å². The van der Waals surface area contributed by atoms with E-state index >= 15 is 0 Å². The normalized spacial score (nSPS) is 11.0. The van der Waals surface area contributed by atoms with Crippen molar-refractivity contribution in [3.05, 3.63) is 28.2 Å². The topological polar surface area (TPSA) is 72.7 Å². The van der Waals surface area contributed by atoms with Crippen molar-refractivity contribution in [1.82, 2.24) is 25.5 Å². The lowest BCUT2D eigenvalue weighted by Gasteiger charge is -2.07. The summed E-state index contributed by atoms with van der Waals surface area (Å²) >= 11 is 3.24. The molecule has 0 fully saturated rings. The number of rotatable bonds is 8. The van der Waals surface area contributed by atoms with Crippen molar-refractivity contribution in [1.29, 1.82) is 0 Å². The minimum atomic E-state index is 0.0557. The lowest BCUT2D eigenvalue weighted by molar-refractivity contribution is -0.118. The van der Waals surface area contributed by atoms with Crippen LogP contribution in [-0.2, 0) is 17.0 Å². The Bertz CT molecular complexity index is 553. The molecule has 0 unspecified atom stereocenters. The standard InChI is InChI=1S/C13H19N5OS2/c1-10(2)18-12(15-16-17-18)8-20-9-13(19)14-6-5-11-4-3-7-21-11/h3-4,7,10H,5-6,8-9H2,1-2H3,(H,14,19). The molecule has 2 aromatic rings. The Balaban J connectivity index is 1.64. The maximum atomic E-state index is 11.7. The fourth-order valence-electron chi connectivity index (χ4n) is 1.77. The first kappa shape index (κ1) is 16.0. The lowest BCUT2D eigenvalue weighted by Crippen LogP contribution is -2.27. The molecule has 8 heteroatoms. The quantitative estimate of drug-likeness (QED) is 0.802. The van der Waals surface area contributed by atoms with Crippen LogP contribution in [0.25, 0.3) is 0 Å². The molecule has 0 aliphatic rings. The monoisotopic (exact) mass is 325 g/mol. The first-order chi connectivity index (χ1) is 10.2. The first-order valence-corrected chi connectivity index (χ1v) is 8.84. The molecule has 2 heterocycles. The largest absolute Gasteiger partial charge is 0.355 e. The second-order valence-electron chi connectivity index (χ2n) is 4.81. The summed E-state index contributed by atoms with van der Waals surface area (Å²) in [4.78, 5) is 13.0. The van der Waals surface area contributed by atoms with Gasteiger partial charge in [0, 0.05) is 11.4 Å². The van der Waals surface area contributed by atoms with E-state index in [4.69, 9.17) is 0 Å². The molecule has 0 aliphatic carbocycles. The minimum absolute atomic E-state index is 0.0557. The van der Waals surface area contributed by atoms with Crippen molar-refractivity contribution in [3.8, 4) is 0 Å². The molecule has 0 saturated heterocycles. The molecule has 0 saturated carbocycles. The fourth-order valence-corrected chi connectivity index (χ4v) is 3.25. The highest BCUT2D eigenvalue weighted by Crippen LogP contribution is 2.12. The Labute approximate surface area is 132 Å². The molecule has 0 aromatic carbocycles. The molecular weight excluding hydrogens is 306 g/mol.